The van der Waals surface area contributed by atoms with Crippen LogP contribution in [-0.4, -0.2) is 25.2 Å². The van der Waals surface area contributed by atoms with E-state index in [2.05, 4.69) is 4.98 Å². The predicted molar refractivity (Wildman–Crippen MR) is 96.3 cm³/mol. The monoisotopic (exact) mass is 379 g/mol. The lowest BCUT2D eigenvalue weighted by atomic mass is 10.1. The van der Waals surface area contributed by atoms with Gasteiger partial charge in [-0.05, 0) is 47.0 Å². The molecule has 0 spiro atoms. The first-order valence-electron chi connectivity index (χ1n) is 7.58. The van der Waals surface area contributed by atoms with E-state index in [0.717, 1.165) is 22.3 Å². The molecule has 0 saturated carbocycles. The number of methoxy groups -OCH3 is 1. The van der Waals surface area contributed by atoms with Gasteiger partial charge in [0.15, 0.2) is 0 Å². The van der Waals surface area contributed by atoms with E-state index in [9.17, 15) is 4.79 Å². The molecule has 0 bridgehead atoms. The number of hydrogen-bond acceptors (Lipinski definition) is 3. The van der Waals surface area contributed by atoms with Crippen LogP contribution < -0.4 is 9.57 Å². The van der Waals surface area contributed by atoms with Crippen LogP contribution in [0.15, 0.2) is 30.5 Å². The molecule has 0 radical (unpaired) electrons. The summed E-state index contributed by atoms with van der Waals surface area (Å²) in [5.74, 6) is -0.493. The number of esters is 1. The molecule has 2 heterocycles. The molecule has 1 aromatic carbocycles. The minimum Gasteiger partial charge on any atom is -0.465 e. The Morgan fingerprint density at radius 3 is 2.68 bits per heavy atom. The van der Waals surface area contributed by atoms with E-state index in [1.54, 1.807) is 24.0 Å². The van der Waals surface area contributed by atoms with Crippen LogP contribution in [0.5, 0.6) is 0 Å². The number of hydrogen-bond donors (Lipinski definition) is 1. The molecule has 0 amide bonds. The predicted octanol–water partition coefficient (Wildman–Crippen LogP) is 3.51. The van der Waals surface area contributed by atoms with Crippen LogP contribution in [-0.2, 0) is 11.2 Å². The highest BCUT2D eigenvalue weighted by molar-refractivity contribution is 6.38. The minimum atomic E-state index is -0.493. The molecule has 0 saturated heterocycles. The summed E-state index contributed by atoms with van der Waals surface area (Å²) in [5.41, 5.74) is 3.82. The van der Waals surface area contributed by atoms with E-state index in [0.29, 0.717) is 27.6 Å². The van der Waals surface area contributed by atoms with Crippen molar-refractivity contribution >= 4 is 40.2 Å². The van der Waals surface area contributed by atoms with Crippen LogP contribution in [0.4, 0.5) is 0 Å². The second-order valence-electron chi connectivity index (χ2n) is 5.62. The molecule has 0 unspecified atom stereocenters. The van der Waals surface area contributed by atoms with Crippen LogP contribution in [0.3, 0.4) is 0 Å². The number of benzene rings is 1. The molecule has 7 heteroatoms. The molecule has 0 aliphatic rings. The lowest BCUT2D eigenvalue weighted by Crippen LogP contribution is -2.41. The van der Waals surface area contributed by atoms with Crippen molar-refractivity contribution in [2.45, 2.75) is 13.3 Å². The number of pyridine rings is 1. The normalized spacial score (nSPS) is 10.9. The fourth-order valence-electron chi connectivity index (χ4n) is 2.78. The zero-order valence-electron chi connectivity index (χ0n) is 14.0. The largest absolute Gasteiger partial charge is 0.465 e. The standard InChI is InChI=1S/C18H16Cl2N2O3/c1-10-6-7-22(25-3)17-13(10)8-11(21-17)9-14-15(19)5-4-12(16(14)20)18(23)24-2/h4-8H,9H2,1-3H3/p+1. The van der Waals surface area contributed by atoms with E-state index in [1.165, 1.54) is 7.11 Å². The number of rotatable bonds is 4. The Bertz CT molecular complexity index is 967. The molecule has 0 aliphatic heterocycles. The van der Waals surface area contributed by atoms with Gasteiger partial charge in [0.1, 0.15) is 19.0 Å². The van der Waals surface area contributed by atoms with Crippen molar-refractivity contribution in [3.05, 3.63) is 62.9 Å². The average Bonchev–Trinajstić information content (AvgIpc) is 3.03. The van der Waals surface area contributed by atoms with Gasteiger partial charge >= 0.3 is 11.6 Å². The fraction of sp³-hybridized carbons (Fsp3) is 0.222. The zero-order chi connectivity index (χ0) is 18.1. The van der Waals surface area contributed by atoms with Gasteiger partial charge in [0.2, 0.25) is 0 Å². The van der Waals surface area contributed by atoms with Gasteiger partial charge in [0.25, 0.3) is 0 Å². The first kappa shape index (κ1) is 17.6. The van der Waals surface area contributed by atoms with Crippen LogP contribution >= 0.6 is 23.2 Å². The summed E-state index contributed by atoms with van der Waals surface area (Å²) in [6, 6.07) is 7.21. The molecule has 3 rings (SSSR count). The van der Waals surface area contributed by atoms with Gasteiger partial charge in [-0.2, -0.15) is 0 Å². The molecular formula is C18H17Cl2N2O3+. The number of halogens is 2. The number of aromatic nitrogens is 2. The Kier molecular flexibility index (Phi) is 4.88. The third-order valence-corrected chi connectivity index (χ3v) is 4.90. The molecule has 1 N–H and O–H groups in total. The third-order valence-electron chi connectivity index (χ3n) is 4.11. The molecule has 0 fully saturated rings. The number of carbonyl (C=O) groups is 1. The van der Waals surface area contributed by atoms with Gasteiger partial charge in [-0.3, -0.25) is 0 Å². The van der Waals surface area contributed by atoms with Gasteiger partial charge < -0.3 is 9.57 Å². The van der Waals surface area contributed by atoms with Crippen LogP contribution in [0, 0.1) is 6.92 Å². The summed E-state index contributed by atoms with van der Waals surface area (Å²) in [5, 5.41) is 1.83. The summed E-state index contributed by atoms with van der Waals surface area (Å²) in [4.78, 5) is 20.5. The van der Waals surface area contributed by atoms with E-state index in [1.807, 2.05) is 25.3 Å². The van der Waals surface area contributed by atoms with Gasteiger partial charge in [-0.25, -0.2) is 9.78 Å². The lowest BCUT2D eigenvalue weighted by Gasteiger charge is -2.09. The smallest absolute Gasteiger partial charge is 0.339 e. The van der Waals surface area contributed by atoms with E-state index >= 15 is 0 Å². The highest BCUT2D eigenvalue weighted by Gasteiger charge is 2.20. The lowest BCUT2D eigenvalue weighted by molar-refractivity contribution is -0.866. The SMILES string of the molecule is COC(=O)c1ccc(Cl)c(Cc2cc3c(C)cc[n+](OC)c3[nH]2)c1Cl. The molecule has 25 heavy (non-hydrogen) atoms. The Balaban J connectivity index is 2.07. The third kappa shape index (κ3) is 3.17. The molecule has 0 aliphatic carbocycles. The first-order chi connectivity index (χ1) is 12.0. The molecule has 2 aromatic heterocycles. The van der Waals surface area contributed by atoms with Gasteiger partial charge in [0, 0.05) is 11.4 Å². The molecular weight excluding hydrogens is 363 g/mol. The Morgan fingerprint density at radius 2 is 2.00 bits per heavy atom. The summed E-state index contributed by atoms with van der Waals surface area (Å²) < 4.78 is 6.41. The number of carbonyl (C=O) groups excluding carboxylic acids is 1. The van der Waals surface area contributed by atoms with Crippen LogP contribution in [0.1, 0.15) is 27.2 Å². The average molecular weight is 380 g/mol. The van der Waals surface area contributed by atoms with E-state index in [4.69, 9.17) is 32.8 Å². The number of fused-ring (bicyclic) bond motifs is 1. The highest BCUT2D eigenvalue weighted by atomic mass is 35.5. The number of aromatic amines is 1. The number of nitrogens with one attached hydrogen (secondary N) is 1. The Labute approximate surface area is 155 Å². The van der Waals surface area contributed by atoms with Gasteiger partial charge in [-0.1, -0.05) is 23.2 Å². The summed E-state index contributed by atoms with van der Waals surface area (Å²) in [6.07, 6.45) is 2.29. The van der Waals surface area contributed by atoms with Crippen molar-refractivity contribution in [1.82, 2.24) is 4.98 Å². The highest BCUT2D eigenvalue weighted by Crippen LogP contribution is 2.31. The molecule has 0 atom stereocenters. The second kappa shape index (κ2) is 6.94. The maximum absolute atomic E-state index is 11.8. The van der Waals surface area contributed by atoms with Crippen LogP contribution in [0.2, 0.25) is 10.0 Å². The maximum Gasteiger partial charge on any atom is 0.339 e. The molecule has 3 aromatic rings. The minimum absolute atomic E-state index is 0.294. The van der Waals surface area contributed by atoms with Crippen molar-refractivity contribution in [1.29, 1.82) is 0 Å². The molecule has 5 nitrogen and oxygen atoms in total. The van der Waals surface area contributed by atoms with Crippen molar-refractivity contribution in [2.24, 2.45) is 0 Å². The Hall–Kier alpha value is -2.24. The number of H-pyrrole nitrogens is 1. The topological polar surface area (TPSA) is 55.2 Å². The number of aryl methyl sites for hydroxylation is 1. The number of ether oxygens (including phenoxy) is 1. The van der Waals surface area contributed by atoms with Gasteiger partial charge in [0.05, 0.1) is 23.1 Å². The van der Waals surface area contributed by atoms with Gasteiger partial charge in [-0.15, -0.1) is 0 Å². The second-order valence-corrected chi connectivity index (χ2v) is 6.40. The first-order valence-corrected chi connectivity index (χ1v) is 8.34. The Morgan fingerprint density at radius 1 is 1.24 bits per heavy atom. The van der Waals surface area contributed by atoms with Crippen molar-refractivity contribution in [2.75, 3.05) is 14.2 Å². The number of nitrogens with zero attached hydrogens (tertiary/aromatic N) is 1. The van der Waals surface area contributed by atoms with Crippen molar-refractivity contribution < 1.29 is 19.1 Å². The van der Waals surface area contributed by atoms with Crippen molar-refractivity contribution in [3.63, 3.8) is 0 Å². The zero-order valence-corrected chi connectivity index (χ0v) is 15.5. The van der Waals surface area contributed by atoms with E-state index < -0.39 is 5.97 Å². The van der Waals surface area contributed by atoms with Crippen LogP contribution in [0.25, 0.3) is 11.0 Å². The summed E-state index contributed by atoms with van der Waals surface area (Å²) in [6.45, 7) is 2.03. The van der Waals surface area contributed by atoms with Crippen molar-refractivity contribution in [3.8, 4) is 0 Å². The molecule has 130 valence electrons. The maximum atomic E-state index is 11.8. The fourth-order valence-corrected chi connectivity index (χ4v) is 3.36. The quantitative estimate of drug-likeness (QED) is 0.557. The summed E-state index contributed by atoms with van der Waals surface area (Å²) in [7, 11) is 2.92. The summed E-state index contributed by atoms with van der Waals surface area (Å²) >= 11 is 12.7. The van der Waals surface area contributed by atoms with E-state index in [-0.39, 0.29) is 0 Å².